The number of anilines is 1. The molecule has 0 aliphatic carbocycles. The molecule has 5 nitrogen and oxygen atoms in total. The number of hydrogen-bond acceptors (Lipinski definition) is 5. The Morgan fingerprint density at radius 2 is 2.22 bits per heavy atom. The van der Waals surface area contributed by atoms with Crippen LogP contribution in [0, 0.1) is 6.92 Å². The van der Waals surface area contributed by atoms with E-state index in [-0.39, 0.29) is 11.9 Å². The molecule has 0 aliphatic rings. The molecule has 6 heteroatoms. The van der Waals surface area contributed by atoms with Crippen LogP contribution in [0.25, 0.3) is 0 Å². The van der Waals surface area contributed by atoms with Crippen molar-refractivity contribution in [3.05, 3.63) is 17.5 Å². The lowest BCUT2D eigenvalue weighted by atomic mass is 10.3. The summed E-state index contributed by atoms with van der Waals surface area (Å²) in [6.07, 6.45) is 0. The number of amides is 1. The van der Waals surface area contributed by atoms with Crippen LogP contribution in [0.15, 0.2) is 6.07 Å². The van der Waals surface area contributed by atoms with Crippen molar-refractivity contribution < 1.29 is 4.79 Å². The molecule has 0 spiro atoms. The molecular formula is C12H20N4OS. The SMILES string of the molecule is CCSCC(C)NC(=O)c1cc(C)nc(NC)n1. The van der Waals surface area contributed by atoms with Gasteiger partial charge in [0.1, 0.15) is 5.69 Å². The van der Waals surface area contributed by atoms with Gasteiger partial charge >= 0.3 is 0 Å². The Morgan fingerprint density at radius 1 is 1.50 bits per heavy atom. The van der Waals surface area contributed by atoms with Gasteiger partial charge in [0.05, 0.1) is 0 Å². The number of rotatable bonds is 6. The summed E-state index contributed by atoms with van der Waals surface area (Å²) in [6.45, 7) is 5.94. The van der Waals surface area contributed by atoms with E-state index >= 15 is 0 Å². The molecule has 1 aromatic rings. The Balaban J connectivity index is 2.68. The molecule has 0 saturated heterocycles. The average Bonchev–Trinajstić information content (AvgIpc) is 2.35. The van der Waals surface area contributed by atoms with E-state index in [4.69, 9.17) is 0 Å². The highest BCUT2D eigenvalue weighted by Gasteiger charge is 2.12. The van der Waals surface area contributed by atoms with Crippen molar-refractivity contribution in [1.29, 1.82) is 0 Å². The maximum Gasteiger partial charge on any atom is 0.270 e. The zero-order valence-electron chi connectivity index (χ0n) is 11.3. The highest BCUT2D eigenvalue weighted by atomic mass is 32.2. The molecule has 0 bridgehead atoms. The lowest BCUT2D eigenvalue weighted by Gasteiger charge is -2.13. The van der Waals surface area contributed by atoms with Crippen molar-refractivity contribution >= 4 is 23.6 Å². The van der Waals surface area contributed by atoms with E-state index in [0.29, 0.717) is 11.6 Å². The van der Waals surface area contributed by atoms with Gasteiger partial charge < -0.3 is 10.6 Å². The molecule has 0 radical (unpaired) electrons. The van der Waals surface area contributed by atoms with Crippen LogP contribution in [0.5, 0.6) is 0 Å². The van der Waals surface area contributed by atoms with Gasteiger partial charge in [0.15, 0.2) is 0 Å². The molecule has 1 amide bonds. The standard InChI is InChI=1S/C12H20N4OS/c1-5-18-7-9(3)14-11(17)10-6-8(2)15-12(13-4)16-10/h6,9H,5,7H2,1-4H3,(H,14,17)(H,13,15,16). The van der Waals surface area contributed by atoms with Gasteiger partial charge in [-0.25, -0.2) is 9.97 Å². The third-order valence-electron chi connectivity index (χ3n) is 2.26. The molecular weight excluding hydrogens is 248 g/mol. The molecule has 0 aliphatic heterocycles. The Hall–Kier alpha value is -1.30. The summed E-state index contributed by atoms with van der Waals surface area (Å²) in [4.78, 5) is 20.3. The third-order valence-corrected chi connectivity index (χ3v) is 3.40. The van der Waals surface area contributed by atoms with E-state index < -0.39 is 0 Å². The largest absolute Gasteiger partial charge is 0.357 e. The summed E-state index contributed by atoms with van der Waals surface area (Å²) in [5.74, 6) is 2.28. The van der Waals surface area contributed by atoms with E-state index in [9.17, 15) is 4.79 Å². The fraction of sp³-hybridized carbons (Fsp3) is 0.583. The number of nitrogens with zero attached hydrogens (tertiary/aromatic N) is 2. The number of thioether (sulfide) groups is 1. The highest BCUT2D eigenvalue weighted by molar-refractivity contribution is 7.99. The minimum absolute atomic E-state index is 0.135. The zero-order chi connectivity index (χ0) is 13.5. The molecule has 2 N–H and O–H groups in total. The first-order valence-electron chi connectivity index (χ1n) is 5.98. The summed E-state index contributed by atoms with van der Waals surface area (Å²) >= 11 is 1.80. The number of carbonyl (C=O) groups is 1. The molecule has 1 heterocycles. The number of hydrogen-bond donors (Lipinski definition) is 2. The van der Waals surface area contributed by atoms with Gasteiger partial charge in [-0.3, -0.25) is 4.79 Å². The van der Waals surface area contributed by atoms with Crippen LogP contribution >= 0.6 is 11.8 Å². The fourth-order valence-electron chi connectivity index (χ4n) is 1.43. The van der Waals surface area contributed by atoms with Gasteiger partial charge in [0.2, 0.25) is 5.95 Å². The lowest BCUT2D eigenvalue weighted by molar-refractivity contribution is 0.0938. The number of nitrogens with one attached hydrogen (secondary N) is 2. The molecule has 0 saturated carbocycles. The van der Waals surface area contributed by atoms with Gasteiger partial charge in [-0.1, -0.05) is 6.92 Å². The van der Waals surface area contributed by atoms with Crippen LogP contribution in [-0.2, 0) is 0 Å². The minimum Gasteiger partial charge on any atom is -0.357 e. The molecule has 1 atom stereocenters. The Bertz CT molecular complexity index is 411. The van der Waals surface area contributed by atoms with Gasteiger partial charge in [0, 0.05) is 24.5 Å². The molecule has 1 aromatic heterocycles. The van der Waals surface area contributed by atoms with Crippen LogP contribution in [0.1, 0.15) is 30.0 Å². The van der Waals surface area contributed by atoms with E-state index in [1.807, 2.05) is 13.8 Å². The summed E-state index contributed by atoms with van der Waals surface area (Å²) in [5, 5.41) is 5.78. The van der Waals surface area contributed by atoms with Crippen molar-refractivity contribution in [2.75, 3.05) is 23.9 Å². The van der Waals surface area contributed by atoms with Gasteiger partial charge in [-0.15, -0.1) is 0 Å². The first kappa shape index (κ1) is 14.8. The second kappa shape index (κ2) is 7.20. The molecule has 18 heavy (non-hydrogen) atoms. The van der Waals surface area contributed by atoms with Gasteiger partial charge in [-0.2, -0.15) is 11.8 Å². The van der Waals surface area contributed by atoms with Crippen molar-refractivity contribution in [2.24, 2.45) is 0 Å². The maximum absolute atomic E-state index is 12.0. The predicted molar refractivity (Wildman–Crippen MR) is 76.2 cm³/mol. The Labute approximate surface area is 112 Å². The van der Waals surface area contributed by atoms with E-state index in [0.717, 1.165) is 17.2 Å². The second-order valence-corrected chi connectivity index (χ2v) is 5.32. The van der Waals surface area contributed by atoms with Gasteiger partial charge in [0.25, 0.3) is 5.91 Å². The van der Waals surface area contributed by atoms with Crippen LogP contribution in [-0.4, -0.2) is 40.5 Å². The minimum atomic E-state index is -0.152. The zero-order valence-corrected chi connectivity index (χ0v) is 12.1. The second-order valence-electron chi connectivity index (χ2n) is 4.00. The third kappa shape index (κ3) is 4.52. The topological polar surface area (TPSA) is 66.9 Å². The molecule has 0 fully saturated rings. The molecule has 0 aromatic carbocycles. The smallest absolute Gasteiger partial charge is 0.270 e. The summed E-state index contributed by atoms with van der Waals surface area (Å²) < 4.78 is 0. The average molecular weight is 268 g/mol. The summed E-state index contributed by atoms with van der Waals surface area (Å²) in [7, 11) is 1.73. The predicted octanol–water partition coefficient (Wildman–Crippen LogP) is 1.70. The molecule has 1 rings (SSSR count). The summed E-state index contributed by atoms with van der Waals surface area (Å²) in [5.41, 5.74) is 1.18. The molecule has 1 unspecified atom stereocenters. The number of aryl methyl sites for hydroxylation is 1. The molecule has 100 valence electrons. The number of aromatic nitrogens is 2. The first-order valence-corrected chi connectivity index (χ1v) is 7.14. The van der Waals surface area contributed by atoms with Gasteiger partial charge in [-0.05, 0) is 25.7 Å². The maximum atomic E-state index is 12.0. The number of carbonyl (C=O) groups excluding carboxylic acids is 1. The summed E-state index contributed by atoms with van der Waals surface area (Å²) in [6, 6.07) is 1.83. The van der Waals surface area contributed by atoms with Crippen LogP contribution in [0.3, 0.4) is 0 Å². The monoisotopic (exact) mass is 268 g/mol. The van der Waals surface area contributed by atoms with E-state index in [2.05, 4.69) is 27.5 Å². The Kier molecular flexibility index (Phi) is 5.91. The Morgan fingerprint density at radius 3 is 2.83 bits per heavy atom. The normalized spacial score (nSPS) is 12.0. The van der Waals surface area contributed by atoms with E-state index in [1.165, 1.54) is 0 Å². The lowest BCUT2D eigenvalue weighted by Crippen LogP contribution is -2.35. The van der Waals surface area contributed by atoms with E-state index in [1.54, 1.807) is 24.9 Å². The quantitative estimate of drug-likeness (QED) is 0.822. The van der Waals surface area contributed by atoms with Crippen LogP contribution in [0.2, 0.25) is 0 Å². The van der Waals surface area contributed by atoms with Crippen molar-refractivity contribution in [1.82, 2.24) is 15.3 Å². The first-order chi connectivity index (χ1) is 8.56. The van der Waals surface area contributed by atoms with Crippen LogP contribution < -0.4 is 10.6 Å². The highest BCUT2D eigenvalue weighted by Crippen LogP contribution is 2.06. The van der Waals surface area contributed by atoms with Crippen molar-refractivity contribution in [3.63, 3.8) is 0 Å². The fourth-order valence-corrected chi connectivity index (χ4v) is 2.10. The van der Waals surface area contributed by atoms with Crippen molar-refractivity contribution in [2.45, 2.75) is 26.8 Å². The van der Waals surface area contributed by atoms with Crippen LogP contribution in [0.4, 0.5) is 5.95 Å². The van der Waals surface area contributed by atoms with Crippen molar-refractivity contribution in [3.8, 4) is 0 Å².